The number of rotatable bonds is 8. The predicted octanol–water partition coefficient (Wildman–Crippen LogP) is 3.35. The molecule has 7 nitrogen and oxygen atoms in total. The van der Waals surface area contributed by atoms with Gasteiger partial charge in [-0.2, -0.15) is 0 Å². The molecule has 0 unspecified atom stereocenters. The minimum Gasteiger partial charge on any atom is -0.465 e. The molecule has 0 aliphatic carbocycles. The molecule has 1 aromatic rings. The third-order valence-corrected chi connectivity index (χ3v) is 3.38. The van der Waals surface area contributed by atoms with Crippen LogP contribution in [0.5, 0.6) is 0 Å². The lowest BCUT2D eigenvalue weighted by molar-refractivity contribution is -0.157. The quantitative estimate of drug-likeness (QED) is 0.296. The minimum atomic E-state index is -1.32. The van der Waals surface area contributed by atoms with Crippen LogP contribution in [0.1, 0.15) is 38.1 Å². The minimum absolute atomic E-state index is 0.0564. The van der Waals surface area contributed by atoms with Crippen LogP contribution >= 0.6 is 11.6 Å². The van der Waals surface area contributed by atoms with Crippen LogP contribution in [0.15, 0.2) is 23.2 Å². The Balaban J connectivity index is 3.11. The van der Waals surface area contributed by atoms with E-state index in [9.17, 15) is 14.4 Å². The SMILES string of the molecule is CCOC(=O)C(C=Nc1cccc(C(=O)OC(C)C)c1Cl)C(=O)OCC. The molecule has 8 heteroatoms. The molecule has 1 rings (SSSR count). The van der Waals surface area contributed by atoms with Crippen LogP contribution in [0, 0.1) is 5.92 Å². The van der Waals surface area contributed by atoms with E-state index in [-0.39, 0.29) is 35.6 Å². The van der Waals surface area contributed by atoms with Gasteiger partial charge in [-0.3, -0.25) is 14.6 Å². The van der Waals surface area contributed by atoms with Gasteiger partial charge in [0.15, 0.2) is 5.92 Å². The monoisotopic (exact) mass is 383 g/mol. The van der Waals surface area contributed by atoms with E-state index in [1.165, 1.54) is 6.07 Å². The highest BCUT2D eigenvalue weighted by molar-refractivity contribution is 6.36. The molecule has 0 aromatic heterocycles. The molecule has 0 saturated carbocycles. The van der Waals surface area contributed by atoms with E-state index in [0.29, 0.717) is 0 Å². The molecular weight excluding hydrogens is 362 g/mol. The van der Waals surface area contributed by atoms with E-state index in [1.807, 2.05) is 0 Å². The van der Waals surface area contributed by atoms with Crippen molar-refractivity contribution in [2.24, 2.45) is 10.9 Å². The van der Waals surface area contributed by atoms with Gasteiger partial charge >= 0.3 is 17.9 Å². The zero-order valence-corrected chi connectivity index (χ0v) is 15.9. The summed E-state index contributed by atoms with van der Waals surface area (Å²) in [6.45, 7) is 6.91. The van der Waals surface area contributed by atoms with Crippen LogP contribution in [0.3, 0.4) is 0 Å². The van der Waals surface area contributed by atoms with E-state index in [4.69, 9.17) is 25.8 Å². The summed E-state index contributed by atoms with van der Waals surface area (Å²) in [5.74, 6) is -3.46. The Hall–Kier alpha value is -2.41. The Bertz CT molecular complexity index is 668. The van der Waals surface area contributed by atoms with Crippen molar-refractivity contribution in [3.05, 3.63) is 28.8 Å². The van der Waals surface area contributed by atoms with Crippen molar-refractivity contribution < 1.29 is 28.6 Å². The topological polar surface area (TPSA) is 91.3 Å². The molecule has 0 aliphatic heterocycles. The fourth-order valence-corrected chi connectivity index (χ4v) is 2.14. The van der Waals surface area contributed by atoms with Crippen molar-refractivity contribution in [2.75, 3.05) is 13.2 Å². The number of aliphatic imine (C=N–C) groups is 1. The maximum absolute atomic E-state index is 12.0. The van der Waals surface area contributed by atoms with Crippen molar-refractivity contribution in [2.45, 2.75) is 33.8 Å². The van der Waals surface area contributed by atoms with E-state index in [1.54, 1.807) is 39.8 Å². The molecule has 0 atom stereocenters. The van der Waals surface area contributed by atoms with E-state index in [2.05, 4.69) is 4.99 Å². The average molecular weight is 384 g/mol. The van der Waals surface area contributed by atoms with Gasteiger partial charge in [0.1, 0.15) is 0 Å². The van der Waals surface area contributed by atoms with Crippen LogP contribution in [0.25, 0.3) is 0 Å². The summed E-state index contributed by atoms with van der Waals surface area (Å²) in [5.41, 5.74) is 0.349. The van der Waals surface area contributed by atoms with Gasteiger partial charge in [-0.15, -0.1) is 0 Å². The molecule has 142 valence electrons. The van der Waals surface area contributed by atoms with Crippen molar-refractivity contribution in [1.29, 1.82) is 0 Å². The lowest BCUT2D eigenvalue weighted by atomic mass is 10.1. The highest BCUT2D eigenvalue weighted by Gasteiger charge is 2.28. The van der Waals surface area contributed by atoms with E-state index < -0.39 is 23.8 Å². The first-order valence-electron chi connectivity index (χ1n) is 8.18. The van der Waals surface area contributed by atoms with Gasteiger partial charge in [-0.05, 0) is 39.8 Å². The van der Waals surface area contributed by atoms with Gasteiger partial charge in [0.25, 0.3) is 0 Å². The summed E-state index contributed by atoms with van der Waals surface area (Å²) >= 11 is 6.21. The lowest BCUT2D eigenvalue weighted by Crippen LogP contribution is -2.29. The zero-order valence-electron chi connectivity index (χ0n) is 15.2. The lowest BCUT2D eigenvalue weighted by Gasteiger charge is -2.11. The second kappa shape index (κ2) is 10.6. The zero-order chi connectivity index (χ0) is 19.7. The Morgan fingerprint density at radius 2 is 1.69 bits per heavy atom. The smallest absolute Gasteiger partial charge is 0.339 e. The Labute approximate surface area is 157 Å². The number of hydrogen-bond donors (Lipinski definition) is 0. The number of nitrogens with zero attached hydrogens (tertiary/aromatic N) is 1. The second-order valence-corrected chi connectivity index (χ2v) is 5.73. The fraction of sp³-hybridized carbons (Fsp3) is 0.444. The largest absolute Gasteiger partial charge is 0.465 e. The summed E-state index contributed by atoms with van der Waals surface area (Å²) in [4.78, 5) is 40.0. The Morgan fingerprint density at radius 3 is 2.19 bits per heavy atom. The summed E-state index contributed by atoms with van der Waals surface area (Å²) in [5, 5.41) is 0.0564. The maximum atomic E-state index is 12.0. The van der Waals surface area contributed by atoms with Gasteiger partial charge in [0, 0.05) is 6.21 Å². The first-order valence-corrected chi connectivity index (χ1v) is 8.56. The van der Waals surface area contributed by atoms with Crippen LogP contribution < -0.4 is 0 Å². The van der Waals surface area contributed by atoms with Gasteiger partial charge in [-0.25, -0.2) is 4.79 Å². The van der Waals surface area contributed by atoms with Crippen molar-refractivity contribution in [3.8, 4) is 0 Å². The number of halogens is 1. The number of carbonyl (C=O) groups excluding carboxylic acids is 3. The van der Waals surface area contributed by atoms with Crippen LogP contribution in [-0.2, 0) is 23.8 Å². The van der Waals surface area contributed by atoms with Gasteiger partial charge in [-0.1, -0.05) is 17.7 Å². The molecule has 1 aromatic carbocycles. The van der Waals surface area contributed by atoms with Crippen molar-refractivity contribution in [3.63, 3.8) is 0 Å². The summed E-state index contributed by atoms with van der Waals surface area (Å²) in [6, 6.07) is 4.61. The molecule has 0 spiro atoms. The predicted molar refractivity (Wildman–Crippen MR) is 96.9 cm³/mol. The molecule has 0 heterocycles. The molecule has 0 bridgehead atoms. The van der Waals surface area contributed by atoms with Gasteiger partial charge in [0.05, 0.1) is 35.6 Å². The van der Waals surface area contributed by atoms with E-state index in [0.717, 1.165) is 6.21 Å². The van der Waals surface area contributed by atoms with Gasteiger partial charge in [0.2, 0.25) is 0 Å². The van der Waals surface area contributed by atoms with Crippen LogP contribution in [0.4, 0.5) is 5.69 Å². The molecule has 0 fully saturated rings. The number of esters is 3. The Morgan fingerprint density at radius 1 is 1.12 bits per heavy atom. The molecule has 0 radical (unpaired) electrons. The fourth-order valence-electron chi connectivity index (χ4n) is 1.89. The molecule has 0 saturated heterocycles. The Kier molecular flexibility index (Phi) is 8.78. The maximum Gasteiger partial charge on any atom is 0.339 e. The molecule has 0 amide bonds. The normalized spacial score (nSPS) is 11.0. The molecule has 0 N–H and O–H groups in total. The second-order valence-electron chi connectivity index (χ2n) is 5.35. The number of benzene rings is 1. The molecular formula is C18H22ClNO6. The molecule has 26 heavy (non-hydrogen) atoms. The summed E-state index contributed by atoms with van der Waals surface area (Å²) in [7, 11) is 0. The number of carbonyl (C=O) groups is 3. The first-order chi connectivity index (χ1) is 12.3. The van der Waals surface area contributed by atoms with Gasteiger partial charge < -0.3 is 14.2 Å². The van der Waals surface area contributed by atoms with Crippen LogP contribution in [0.2, 0.25) is 5.02 Å². The number of hydrogen-bond acceptors (Lipinski definition) is 7. The standard InChI is InChI=1S/C18H22ClNO6/c1-5-24-16(21)13(17(22)25-6-2)10-20-14-9-7-8-12(15(14)19)18(23)26-11(3)4/h7-11,13H,5-6H2,1-4H3. The first kappa shape index (κ1) is 21.6. The highest BCUT2D eigenvalue weighted by atomic mass is 35.5. The summed E-state index contributed by atoms with van der Waals surface area (Å²) < 4.78 is 14.8. The third kappa shape index (κ3) is 6.15. The average Bonchev–Trinajstić information content (AvgIpc) is 2.56. The highest BCUT2D eigenvalue weighted by Crippen LogP contribution is 2.29. The van der Waals surface area contributed by atoms with Crippen LogP contribution in [-0.4, -0.2) is 43.4 Å². The van der Waals surface area contributed by atoms with Crippen molar-refractivity contribution >= 4 is 41.4 Å². The van der Waals surface area contributed by atoms with E-state index >= 15 is 0 Å². The molecule has 0 aliphatic rings. The number of ether oxygens (including phenoxy) is 3. The van der Waals surface area contributed by atoms with Crippen molar-refractivity contribution in [1.82, 2.24) is 0 Å². The third-order valence-electron chi connectivity index (χ3n) is 2.98. The summed E-state index contributed by atoms with van der Waals surface area (Å²) in [6.07, 6.45) is 0.789.